The Morgan fingerprint density at radius 3 is 2.26 bits per heavy atom. The smallest absolute Gasteiger partial charge is 0.416 e. The lowest BCUT2D eigenvalue weighted by Gasteiger charge is -2.29. The average molecular weight is 372 g/mol. The maximum Gasteiger partial charge on any atom is 0.416 e. The molecule has 23 heavy (non-hydrogen) atoms. The number of hydrogen-bond acceptors (Lipinski definition) is 3. The molecule has 10 heteroatoms. The number of piperidine rings is 1. The van der Waals surface area contributed by atoms with Crippen molar-refractivity contribution in [3.8, 4) is 0 Å². The van der Waals surface area contributed by atoms with Crippen molar-refractivity contribution in [1.29, 1.82) is 0 Å². The van der Waals surface area contributed by atoms with E-state index in [2.05, 4.69) is 0 Å². The second-order valence-corrected chi connectivity index (χ2v) is 7.47. The fraction of sp³-hybridized carbons (Fsp3) is 0.462. The van der Waals surface area contributed by atoms with Gasteiger partial charge in [0.2, 0.25) is 10.0 Å². The SMILES string of the molecule is O=C(O)C1CCN(S(=O)(=O)c2ccc(C(F)(F)F)cc2Cl)CC1. The number of carboxylic acids is 1. The van der Waals surface area contributed by atoms with Crippen LogP contribution in [-0.2, 0) is 21.0 Å². The van der Waals surface area contributed by atoms with E-state index in [-0.39, 0.29) is 25.9 Å². The number of nitrogens with zero attached hydrogens (tertiary/aromatic N) is 1. The molecule has 1 aliphatic heterocycles. The van der Waals surface area contributed by atoms with Crippen LogP contribution in [-0.4, -0.2) is 36.9 Å². The molecule has 128 valence electrons. The highest BCUT2D eigenvalue weighted by molar-refractivity contribution is 7.89. The van der Waals surface area contributed by atoms with Crippen molar-refractivity contribution in [2.24, 2.45) is 5.92 Å². The molecule has 1 saturated heterocycles. The van der Waals surface area contributed by atoms with E-state index in [0.717, 1.165) is 10.4 Å². The zero-order valence-electron chi connectivity index (χ0n) is 11.7. The van der Waals surface area contributed by atoms with Crippen molar-refractivity contribution in [3.63, 3.8) is 0 Å². The largest absolute Gasteiger partial charge is 0.481 e. The molecule has 1 aromatic carbocycles. The standard InChI is InChI=1S/C13H13ClF3NO4S/c14-10-7-9(13(15,16)17)1-2-11(10)23(21,22)18-5-3-8(4-6-18)12(19)20/h1-2,7-8H,3-6H2,(H,19,20). The van der Waals surface area contributed by atoms with Gasteiger partial charge in [-0.1, -0.05) is 11.6 Å². The minimum Gasteiger partial charge on any atom is -0.481 e. The Morgan fingerprint density at radius 1 is 1.26 bits per heavy atom. The quantitative estimate of drug-likeness (QED) is 0.886. The minimum atomic E-state index is -4.62. The Hall–Kier alpha value is -1.32. The highest BCUT2D eigenvalue weighted by Gasteiger charge is 2.35. The van der Waals surface area contributed by atoms with Crippen LogP contribution < -0.4 is 0 Å². The van der Waals surface area contributed by atoms with Gasteiger partial charge >= 0.3 is 12.1 Å². The van der Waals surface area contributed by atoms with Crippen LogP contribution in [0.4, 0.5) is 13.2 Å². The van der Waals surface area contributed by atoms with Crippen molar-refractivity contribution >= 4 is 27.6 Å². The molecular weight excluding hydrogens is 359 g/mol. The summed E-state index contributed by atoms with van der Waals surface area (Å²) < 4.78 is 63.7. The lowest BCUT2D eigenvalue weighted by atomic mass is 9.99. The van der Waals surface area contributed by atoms with Gasteiger partial charge in [0.15, 0.2) is 0 Å². The molecule has 1 fully saturated rings. The van der Waals surface area contributed by atoms with Gasteiger partial charge in [0, 0.05) is 13.1 Å². The second kappa shape index (κ2) is 6.29. The van der Waals surface area contributed by atoms with Crippen molar-refractivity contribution in [2.75, 3.05) is 13.1 Å². The molecule has 0 aliphatic carbocycles. The van der Waals surface area contributed by atoms with E-state index in [1.165, 1.54) is 0 Å². The molecule has 0 amide bonds. The highest BCUT2D eigenvalue weighted by Crippen LogP contribution is 2.35. The van der Waals surface area contributed by atoms with E-state index >= 15 is 0 Å². The van der Waals surface area contributed by atoms with Gasteiger partial charge in [-0.05, 0) is 31.0 Å². The minimum absolute atomic E-state index is 0.0172. The zero-order valence-corrected chi connectivity index (χ0v) is 13.2. The topological polar surface area (TPSA) is 74.7 Å². The lowest BCUT2D eigenvalue weighted by Crippen LogP contribution is -2.40. The summed E-state index contributed by atoms with van der Waals surface area (Å²) in [6.45, 7) is -0.0344. The summed E-state index contributed by atoms with van der Waals surface area (Å²) in [5.74, 6) is -1.61. The van der Waals surface area contributed by atoms with E-state index in [1.54, 1.807) is 0 Å². The van der Waals surface area contributed by atoms with Crippen LogP contribution in [0.5, 0.6) is 0 Å². The first-order valence-corrected chi connectivity index (χ1v) is 8.45. The highest BCUT2D eigenvalue weighted by atomic mass is 35.5. The molecule has 1 N–H and O–H groups in total. The van der Waals surface area contributed by atoms with Gasteiger partial charge in [-0.3, -0.25) is 4.79 Å². The van der Waals surface area contributed by atoms with Gasteiger partial charge in [0.05, 0.1) is 16.5 Å². The van der Waals surface area contributed by atoms with E-state index in [9.17, 15) is 26.4 Å². The molecule has 0 saturated carbocycles. The van der Waals surface area contributed by atoms with Crippen LogP contribution in [0.15, 0.2) is 23.1 Å². The molecule has 0 aromatic heterocycles. The Balaban J connectivity index is 2.26. The number of hydrogen-bond donors (Lipinski definition) is 1. The van der Waals surface area contributed by atoms with Crippen LogP contribution in [0.3, 0.4) is 0 Å². The number of rotatable bonds is 3. The first-order chi connectivity index (χ1) is 10.5. The number of benzene rings is 1. The summed E-state index contributed by atoms with van der Waals surface area (Å²) in [4.78, 5) is 10.5. The average Bonchev–Trinajstić information content (AvgIpc) is 2.46. The first-order valence-electron chi connectivity index (χ1n) is 6.63. The van der Waals surface area contributed by atoms with Gasteiger partial charge in [0.25, 0.3) is 0 Å². The van der Waals surface area contributed by atoms with Crippen LogP contribution in [0.25, 0.3) is 0 Å². The van der Waals surface area contributed by atoms with Crippen molar-refractivity contribution in [3.05, 3.63) is 28.8 Å². The Morgan fingerprint density at radius 2 is 1.83 bits per heavy atom. The third-order valence-electron chi connectivity index (χ3n) is 3.68. The molecule has 0 radical (unpaired) electrons. The Kier molecular flexibility index (Phi) is 4.93. The molecule has 5 nitrogen and oxygen atoms in total. The van der Waals surface area contributed by atoms with E-state index in [0.29, 0.717) is 12.1 Å². The third kappa shape index (κ3) is 3.78. The number of alkyl halides is 3. The van der Waals surface area contributed by atoms with Gasteiger partial charge in [-0.25, -0.2) is 8.42 Å². The van der Waals surface area contributed by atoms with E-state index in [4.69, 9.17) is 16.7 Å². The van der Waals surface area contributed by atoms with Gasteiger partial charge in [0.1, 0.15) is 4.90 Å². The van der Waals surface area contributed by atoms with E-state index in [1.807, 2.05) is 0 Å². The predicted octanol–water partition coefficient (Wildman–Crippen LogP) is 2.84. The van der Waals surface area contributed by atoms with Crippen LogP contribution in [0.2, 0.25) is 5.02 Å². The van der Waals surface area contributed by atoms with Crippen molar-refractivity contribution in [2.45, 2.75) is 23.9 Å². The number of halogens is 4. The molecule has 2 rings (SSSR count). The number of carbonyl (C=O) groups is 1. The van der Waals surface area contributed by atoms with Gasteiger partial charge < -0.3 is 5.11 Å². The summed E-state index contributed by atoms with van der Waals surface area (Å²) >= 11 is 5.72. The number of carboxylic acid groups (broad SMARTS) is 1. The molecule has 1 aliphatic rings. The van der Waals surface area contributed by atoms with Gasteiger partial charge in [-0.2, -0.15) is 17.5 Å². The zero-order chi connectivity index (χ0) is 17.4. The fourth-order valence-electron chi connectivity index (χ4n) is 2.37. The first kappa shape index (κ1) is 18.0. The summed E-state index contributed by atoms with van der Waals surface area (Å²) in [6, 6.07) is 2.05. The summed E-state index contributed by atoms with van der Waals surface area (Å²) in [7, 11) is -4.06. The van der Waals surface area contributed by atoms with Gasteiger partial charge in [-0.15, -0.1) is 0 Å². The lowest BCUT2D eigenvalue weighted by molar-refractivity contribution is -0.143. The summed E-state index contributed by atoms with van der Waals surface area (Å²) in [5.41, 5.74) is -1.04. The van der Waals surface area contributed by atoms with E-state index < -0.39 is 43.6 Å². The molecule has 1 aromatic rings. The number of aliphatic carboxylic acids is 1. The van der Waals surface area contributed by atoms with Crippen molar-refractivity contribution in [1.82, 2.24) is 4.31 Å². The third-order valence-corrected chi connectivity index (χ3v) is 6.06. The molecule has 0 bridgehead atoms. The normalized spacial score (nSPS) is 18.1. The summed E-state index contributed by atoms with van der Waals surface area (Å²) in [5, 5.41) is 8.39. The summed E-state index contributed by atoms with van der Waals surface area (Å²) in [6.07, 6.45) is -4.33. The molecule has 1 heterocycles. The van der Waals surface area contributed by atoms with Crippen LogP contribution >= 0.6 is 11.6 Å². The maximum atomic E-state index is 12.6. The predicted molar refractivity (Wildman–Crippen MR) is 75.6 cm³/mol. The van der Waals surface area contributed by atoms with Crippen LogP contribution in [0.1, 0.15) is 18.4 Å². The Labute approximate surface area is 135 Å². The molecule has 0 spiro atoms. The molecule has 0 atom stereocenters. The maximum absolute atomic E-state index is 12.6. The van der Waals surface area contributed by atoms with Crippen molar-refractivity contribution < 1.29 is 31.5 Å². The monoisotopic (exact) mass is 371 g/mol. The number of sulfonamides is 1. The molecule has 0 unspecified atom stereocenters. The second-order valence-electron chi connectivity index (χ2n) is 5.16. The molecular formula is C13H13ClF3NO4S. The van der Waals surface area contributed by atoms with Crippen LogP contribution in [0, 0.1) is 5.92 Å². The fourth-order valence-corrected chi connectivity index (χ4v) is 4.36. The Bertz CT molecular complexity index is 712.